The SMILES string of the molecule is Cc1oc2ncnc(NC3(C)CC3)c2c1C(=O)[I-]I. The van der Waals surface area contributed by atoms with E-state index in [-0.39, 0.29) is 9.33 Å². The molecule has 0 unspecified atom stereocenters. The first-order chi connectivity index (χ1) is 9.04. The van der Waals surface area contributed by atoms with E-state index in [0.29, 0.717) is 17.0 Å². The summed E-state index contributed by atoms with van der Waals surface area (Å²) in [4.78, 5) is 20.6. The van der Waals surface area contributed by atoms with Crippen LogP contribution < -0.4 is 22.5 Å². The Hall–Kier alpha value is -0.450. The van der Waals surface area contributed by atoms with Crippen LogP contribution >= 0.6 is 18.6 Å². The Morgan fingerprint density at radius 2 is 2.26 bits per heavy atom. The first-order valence-electron chi connectivity index (χ1n) is 5.86. The van der Waals surface area contributed by atoms with E-state index in [1.54, 1.807) is 0 Å². The summed E-state index contributed by atoms with van der Waals surface area (Å²) < 4.78 is 5.76. The summed E-state index contributed by atoms with van der Waals surface area (Å²) in [6, 6.07) is 0. The first kappa shape index (κ1) is 13.5. The molecule has 1 saturated carbocycles. The van der Waals surface area contributed by atoms with E-state index in [1.165, 1.54) is 6.33 Å². The summed E-state index contributed by atoms with van der Waals surface area (Å²) >= 11 is 1.63. The number of carbonyl (C=O) groups is 1. The second-order valence-corrected chi connectivity index (χ2v) is 9.09. The molecule has 0 aromatic carbocycles. The Labute approximate surface area is 130 Å². The molecule has 1 aliphatic carbocycles. The van der Waals surface area contributed by atoms with Crippen LogP contribution in [0.15, 0.2) is 10.7 Å². The number of anilines is 1. The molecule has 0 spiro atoms. The molecule has 0 saturated heterocycles. The van der Waals surface area contributed by atoms with Crippen LogP contribution in [0.5, 0.6) is 0 Å². The van der Waals surface area contributed by atoms with E-state index in [0.717, 1.165) is 24.0 Å². The van der Waals surface area contributed by atoms with Crippen molar-refractivity contribution in [3.8, 4) is 0 Å². The number of aryl methyl sites for hydroxylation is 1. The van der Waals surface area contributed by atoms with E-state index < -0.39 is 17.2 Å². The average molecular weight is 484 g/mol. The minimum atomic E-state index is -0.543. The number of carbonyl (C=O) groups excluding carboxylic acids is 1. The quantitative estimate of drug-likeness (QED) is 0.492. The van der Waals surface area contributed by atoms with Gasteiger partial charge in [-0.3, -0.25) is 0 Å². The molecule has 19 heavy (non-hydrogen) atoms. The maximum absolute atomic E-state index is 12.1. The molecule has 5 nitrogen and oxygen atoms in total. The summed E-state index contributed by atoms with van der Waals surface area (Å²) in [7, 11) is 0. The molecule has 0 aliphatic heterocycles. The van der Waals surface area contributed by atoms with Crippen molar-refractivity contribution in [3.05, 3.63) is 17.7 Å². The molecule has 2 heterocycles. The van der Waals surface area contributed by atoms with Crippen LogP contribution in [0.3, 0.4) is 0 Å². The van der Waals surface area contributed by atoms with Gasteiger partial charge in [0.15, 0.2) is 0 Å². The van der Waals surface area contributed by atoms with Crippen LogP contribution in [0.25, 0.3) is 11.1 Å². The van der Waals surface area contributed by atoms with E-state index in [9.17, 15) is 4.79 Å². The van der Waals surface area contributed by atoms with Gasteiger partial charge >= 0.3 is 131 Å². The Kier molecular flexibility index (Phi) is 3.44. The van der Waals surface area contributed by atoms with E-state index >= 15 is 0 Å². The third kappa shape index (κ3) is 2.46. The third-order valence-corrected chi connectivity index (χ3v) is 6.74. The molecule has 0 amide bonds. The second-order valence-electron chi connectivity index (χ2n) is 4.97. The van der Waals surface area contributed by atoms with Crippen molar-refractivity contribution >= 4 is 39.3 Å². The summed E-state index contributed by atoms with van der Waals surface area (Å²) in [5, 5.41) is 4.16. The normalized spacial score (nSPS) is 16.8. The van der Waals surface area contributed by atoms with Gasteiger partial charge < -0.3 is 0 Å². The number of fused-ring (bicyclic) bond motifs is 1. The molecule has 2 aromatic rings. The number of nitrogens with one attached hydrogen (secondary N) is 1. The summed E-state index contributed by atoms with van der Waals surface area (Å²) in [6.45, 7) is 3.97. The van der Waals surface area contributed by atoms with Crippen molar-refractivity contribution in [3.63, 3.8) is 0 Å². The number of nitrogens with zero attached hydrogens (tertiary/aromatic N) is 2. The fourth-order valence-electron chi connectivity index (χ4n) is 2.01. The van der Waals surface area contributed by atoms with Gasteiger partial charge in [0.25, 0.3) is 0 Å². The van der Waals surface area contributed by atoms with Gasteiger partial charge in [-0.2, -0.15) is 0 Å². The van der Waals surface area contributed by atoms with Gasteiger partial charge in [-0.15, -0.1) is 0 Å². The molecule has 0 bridgehead atoms. The molecular formula is C12H12I2N3O2-. The molecule has 102 valence electrons. The molecular weight excluding hydrogens is 472 g/mol. The van der Waals surface area contributed by atoms with Gasteiger partial charge in [0.05, 0.1) is 0 Å². The number of furan rings is 1. The second kappa shape index (κ2) is 4.83. The fourth-order valence-corrected chi connectivity index (χ4v) is 4.23. The fraction of sp³-hybridized carbons (Fsp3) is 0.417. The van der Waals surface area contributed by atoms with Gasteiger partial charge in [0.1, 0.15) is 0 Å². The number of halogens is 2. The van der Waals surface area contributed by atoms with Crippen molar-refractivity contribution in [2.24, 2.45) is 0 Å². The molecule has 3 rings (SSSR count). The molecule has 7 heteroatoms. The predicted octanol–water partition coefficient (Wildman–Crippen LogP) is 0.0748. The van der Waals surface area contributed by atoms with Gasteiger partial charge in [-0.25, -0.2) is 0 Å². The minimum absolute atomic E-state index is 0.103. The predicted molar refractivity (Wildman–Crippen MR) is 76.2 cm³/mol. The molecule has 0 radical (unpaired) electrons. The topological polar surface area (TPSA) is 68.0 Å². The van der Waals surface area contributed by atoms with Crippen LogP contribution in [0.1, 0.15) is 35.9 Å². The van der Waals surface area contributed by atoms with Crippen LogP contribution in [0.4, 0.5) is 5.82 Å². The third-order valence-electron chi connectivity index (χ3n) is 3.35. The Balaban J connectivity index is 2.18. The molecule has 2 aromatic heterocycles. The van der Waals surface area contributed by atoms with Crippen molar-refractivity contribution in [1.29, 1.82) is 0 Å². The number of rotatable bonds is 4. The summed E-state index contributed by atoms with van der Waals surface area (Å²) in [5.41, 5.74) is 1.26. The molecule has 1 N–H and O–H groups in total. The van der Waals surface area contributed by atoms with Gasteiger partial charge in [-0.1, -0.05) is 0 Å². The van der Waals surface area contributed by atoms with Crippen LogP contribution in [-0.2, 0) is 0 Å². The van der Waals surface area contributed by atoms with Gasteiger partial charge in [0.2, 0.25) is 0 Å². The summed E-state index contributed by atoms with van der Waals surface area (Å²) in [6.07, 6.45) is 3.72. The monoisotopic (exact) mass is 484 g/mol. The van der Waals surface area contributed by atoms with Crippen molar-refractivity contribution < 1.29 is 26.4 Å². The zero-order chi connectivity index (χ0) is 13.6. The molecule has 1 aliphatic rings. The van der Waals surface area contributed by atoms with E-state index in [4.69, 9.17) is 4.42 Å². The van der Waals surface area contributed by atoms with E-state index in [2.05, 4.69) is 40.8 Å². The number of aromatic nitrogens is 2. The Bertz CT molecular complexity index is 664. The average Bonchev–Trinajstić information content (AvgIpc) is 2.99. The number of hydrogen-bond donors (Lipinski definition) is 1. The number of hydrogen-bond acceptors (Lipinski definition) is 5. The van der Waals surface area contributed by atoms with Gasteiger partial charge in [-0.05, 0) is 0 Å². The van der Waals surface area contributed by atoms with Gasteiger partial charge in [0, 0.05) is 0 Å². The van der Waals surface area contributed by atoms with Crippen LogP contribution in [-0.4, -0.2) is 19.3 Å². The van der Waals surface area contributed by atoms with Crippen LogP contribution in [0, 0.1) is 6.92 Å². The zero-order valence-corrected chi connectivity index (χ0v) is 14.8. The standard InChI is InChI=1S/C12H12I2N3O2/c1-6-7(9(18)14-13)8-10(17-12(2)3-4-12)15-5-16-11(8)19-6/h5H,3-4H2,1-2H3,(H,15,16,17)/q-1. The van der Waals surface area contributed by atoms with E-state index in [1.807, 2.05) is 6.92 Å². The Morgan fingerprint density at radius 3 is 2.89 bits per heavy atom. The maximum atomic E-state index is 12.1. The zero-order valence-electron chi connectivity index (χ0n) is 10.5. The van der Waals surface area contributed by atoms with Crippen molar-refractivity contribution in [2.75, 3.05) is 5.32 Å². The first-order valence-corrected chi connectivity index (χ1v) is 13.2. The molecule has 0 atom stereocenters. The van der Waals surface area contributed by atoms with Crippen molar-refractivity contribution in [2.45, 2.75) is 32.2 Å². The summed E-state index contributed by atoms with van der Waals surface area (Å²) in [5.74, 6) is 1.36. The Morgan fingerprint density at radius 1 is 1.53 bits per heavy atom. The van der Waals surface area contributed by atoms with Crippen molar-refractivity contribution in [1.82, 2.24) is 9.97 Å². The molecule has 1 fully saturated rings. The van der Waals surface area contributed by atoms with Crippen LogP contribution in [0.2, 0.25) is 0 Å².